The number of carbonyl (C=O) groups excluding carboxylic acids is 1. The molecule has 0 bridgehead atoms. The van der Waals surface area contributed by atoms with Crippen molar-refractivity contribution >= 4 is 11.8 Å². The number of carboxylic acid groups (broad SMARTS) is 1. The van der Waals surface area contributed by atoms with E-state index in [1.807, 2.05) is 0 Å². The molecule has 0 amide bonds. The lowest BCUT2D eigenvalue weighted by atomic mass is 9.56. The van der Waals surface area contributed by atoms with Crippen molar-refractivity contribution < 1.29 is 14.7 Å². The number of hydrogen-bond donors (Lipinski definition) is 1. The third kappa shape index (κ3) is 3.58. The van der Waals surface area contributed by atoms with E-state index in [4.69, 9.17) is 5.11 Å². The summed E-state index contributed by atoms with van der Waals surface area (Å²) in [4.78, 5) is 23.7. The van der Waals surface area contributed by atoms with Gasteiger partial charge in [-0.1, -0.05) is 60.8 Å². The Morgan fingerprint density at radius 2 is 1.21 bits per heavy atom. The fraction of sp³-hybridized carbons (Fsp3) is 0.875. The van der Waals surface area contributed by atoms with Crippen LogP contribution < -0.4 is 0 Å². The van der Waals surface area contributed by atoms with Gasteiger partial charge in [-0.2, -0.15) is 0 Å². The standard InChI is InChI=1S/C16H30O3/c1-7-11(4)16(12(5)8-2,13(6)9-3)14(17)10-15(18)19/h11-13H,7-10H2,1-6H3,(H,18,19). The predicted octanol–water partition coefficient (Wildman–Crippen LogP) is 4.15. The monoisotopic (exact) mass is 270 g/mol. The molecule has 3 unspecified atom stereocenters. The molecule has 0 aromatic rings. The molecule has 0 saturated heterocycles. The first-order valence-corrected chi connectivity index (χ1v) is 7.53. The van der Waals surface area contributed by atoms with E-state index in [1.54, 1.807) is 0 Å². The predicted molar refractivity (Wildman–Crippen MR) is 78.1 cm³/mol. The van der Waals surface area contributed by atoms with E-state index in [1.165, 1.54) is 0 Å². The van der Waals surface area contributed by atoms with Gasteiger partial charge in [-0.15, -0.1) is 0 Å². The maximum atomic E-state index is 12.7. The first kappa shape index (κ1) is 18.1. The van der Waals surface area contributed by atoms with Crippen LogP contribution >= 0.6 is 0 Å². The van der Waals surface area contributed by atoms with Crippen LogP contribution in [0.25, 0.3) is 0 Å². The Morgan fingerprint density at radius 3 is 1.42 bits per heavy atom. The largest absolute Gasteiger partial charge is 0.481 e. The summed E-state index contributed by atoms with van der Waals surface area (Å²) in [6.07, 6.45) is 2.36. The third-order valence-electron chi connectivity index (χ3n) is 5.08. The summed E-state index contributed by atoms with van der Waals surface area (Å²) in [5, 5.41) is 8.99. The topological polar surface area (TPSA) is 54.4 Å². The zero-order chi connectivity index (χ0) is 15.2. The number of hydrogen-bond acceptors (Lipinski definition) is 2. The molecule has 0 aliphatic heterocycles. The van der Waals surface area contributed by atoms with Gasteiger partial charge in [-0.3, -0.25) is 9.59 Å². The van der Waals surface area contributed by atoms with Crippen molar-refractivity contribution in [3.05, 3.63) is 0 Å². The average molecular weight is 270 g/mol. The fourth-order valence-corrected chi connectivity index (χ4v) is 3.59. The van der Waals surface area contributed by atoms with Gasteiger partial charge in [0.1, 0.15) is 6.42 Å². The summed E-state index contributed by atoms with van der Waals surface area (Å²) in [6, 6.07) is 0. The molecule has 0 heterocycles. The van der Waals surface area contributed by atoms with Crippen molar-refractivity contribution in [2.75, 3.05) is 0 Å². The van der Waals surface area contributed by atoms with Crippen molar-refractivity contribution in [2.45, 2.75) is 67.2 Å². The number of carbonyl (C=O) groups is 2. The lowest BCUT2D eigenvalue weighted by Crippen LogP contribution is -2.48. The quantitative estimate of drug-likeness (QED) is 0.640. The molecular weight excluding hydrogens is 240 g/mol. The van der Waals surface area contributed by atoms with E-state index >= 15 is 0 Å². The summed E-state index contributed by atoms with van der Waals surface area (Å²) in [5.74, 6) is -0.458. The van der Waals surface area contributed by atoms with Gasteiger partial charge in [0.2, 0.25) is 0 Å². The highest BCUT2D eigenvalue weighted by Crippen LogP contribution is 2.48. The van der Waals surface area contributed by atoms with E-state index in [0.29, 0.717) is 0 Å². The average Bonchev–Trinajstić information content (AvgIpc) is 2.37. The van der Waals surface area contributed by atoms with Gasteiger partial charge in [0, 0.05) is 5.41 Å². The number of ketones is 1. The van der Waals surface area contributed by atoms with Crippen molar-refractivity contribution in [3.8, 4) is 0 Å². The highest BCUT2D eigenvalue weighted by Gasteiger charge is 2.49. The number of carboxylic acids is 1. The highest BCUT2D eigenvalue weighted by molar-refractivity contribution is 5.98. The smallest absolute Gasteiger partial charge is 0.310 e. The zero-order valence-electron chi connectivity index (χ0n) is 13.3. The normalized spacial score (nSPS) is 19.3. The summed E-state index contributed by atoms with van der Waals surface area (Å²) in [5.41, 5.74) is -0.503. The highest BCUT2D eigenvalue weighted by atomic mass is 16.4. The maximum absolute atomic E-state index is 12.7. The lowest BCUT2D eigenvalue weighted by molar-refractivity contribution is -0.149. The van der Waals surface area contributed by atoms with E-state index in [9.17, 15) is 9.59 Å². The molecule has 0 spiro atoms. The molecule has 0 aromatic heterocycles. The van der Waals surface area contributed by atoms with Gasteiger partial charge in [-0.05, 0) is 17.8 Å². The molecule has 0 fully saturated rings. The minimum atomic E-state index is -1.01. The molecule has 0 radical (unpaired) electrons. The molecule has 0 saturated carbocycles. The van der Waals surface area contributed by atoms with Crippen LogP contribution in [-0.4, -0.2) is 16.9 Å². The summed E-state index contributed by atoms with van der Waals surface area (Å²) >= 11 is 0. The van der Waals surface area contributed by atoms with E-state index < -0.39 is 11.4 Å². The molecule has 1 N–H and O–H groups in total. The van der Waals surface area contributed by atoms with Gasteiger partial charge in [0.05, 0.1) is 0 Å². The van der Waals surface area contributed by atoms with Gasteiger partial charge in [-0.25, -0.2) is 0 Å². The number of aliphatic carboxylic acids is 1. The van der Waals surface area contributed by atoms with E-state index in [0.717, 1.165) is 19.3 Å². The molecular formula is C16H30O3. The number of Topliss-reactive ketones (excluding diaryl/α,β-unsaturated/α-hetero) is 1. The second-order valence-electron chi connectivity index (χ2n) is 5.85. The maximum Gasteiger partial charge on any atom is 0.310 e. The number of rotatable bonds is 9. The molecule has 0 aromatic carbocycles. The second-order valence-corrected chi connectivity index (χ2v) is 5.85. The molecule has 112 valence electrons. The van der Waals surface area contributed by atoms with Gasteiger partial charge in [0.25, 0.3) is 0 Å². The Hall–Kier alpha value is -0.860. The molecule has 19 heavy (non-hydrogen) atoms. The van der Waals surface area contributed by atoms with E-state index in [-0.39, 0.29) is 30.0 Å². The molecule has 0 aliphatic rings. The Bertz CT molecular complexity index is 283. The van der Waals surface area contributed by atoms with Gasteiger partial charge >= 0.3 is 5.97 Å². The van der Waals surface area contributed by atoms with Crippen molar-refractivity contribution in [1.82, 2.24) is 0 Å². The summed E-state index contributed by atoms with van der Waals surface area (Å²) < 4.78 is 0. The molecule has 0 rings (SSSR count). The van der Waals surface area contributed by atoms with Crippen LogP contribution in [0.3, 0.4) is 0 Å². The fourth-order valence-electron chi connectivity index (χ4n) is 3.59. The van der Waals surface area contributed by atoms with Crippen LogP contribution in [0.5, 0.6) is 0 Å². The minimum Gasteiger partial charge on any atom is -0.481 e. The molecule has 3 atom stereocenters. The SMILES string of the molecule is CCC(C)C(C(=O)CC(=O)O)(C(C)CC)C(C)CC. The van der Waals surface area contributed by atoms with Crippen LogP contribution in [0.4, 0.5) is 0 Å². The second kappa shape index (κ2) is 7.66. The van der Waals surface area contributed by atoms with Crippen LogP contribution in [0.15, 0.2) is 0 Å². The first-order chi connectivity index (χ1) is 8.78. The van der Waals surface area contributed by atoms with Crippen molar-refractivity contribution in [2.24, 2.45) is 23.2 Å². The summed E-state index contributed by atoms with van der Waals surface area (Å²) in [6.45, 7) is 12.5. The summed E-state index contributed by atoms with van der Waals surface area (Å²) in [7, 11) is 0. The van der Waals surface area contributed by atoms with E-state index in [2.05, 4.69) is 41.5 Å². The third-order valence-corrected chi connectivity index (χ3v) is 5.08. The van der Waals surface area contributed by atoms with Crippen molar-refractivity contribution in [1.29, 1.82) is 0 Å². The zero-order valence-corrected chi connectivity index (χ0v) is 13.3. The van der Waals surface area contributed by atoms with Crippen molar-refractivity contribution in [3.63, 3.8) is 0 Å². The minimum absolute atomic E-state index is 0.0851. The van der Waals surface area contributed by atoms with Crippen LogP contribution in [-0.2, 0) is 9.59 Å². The van der Waals surface area contributed by atoms with Gasteiger partial charge < -0.3 is 5.11 Å². The molecule has 3 nitrogen and oxygen atoms in total. The van der Waals surface area contributed by atoms with Crippen LogP contribution in [0.2, 0.25) is 0 Å². The Labute approximate surface area is 117 Å². The van der Waals surface area contributed by atoms with Gasteiger partial charge in [0.15, 0.2) is 5.78 Å². The molecule has 0 aliphatic carbocycles. The van der Waals surface area contributed by atoms with Crippen LogP contribution in [0.1, 0.15) is 67.2 Å². The Balaban J connectivity index is 5.74. The van der Waals surface area contributed by atoms with Crippen LogP contribution in [0, 0.1) is 23.2 Å². The molecule has 3 heteroatoms. The Kier molecular flexibility index (Phi) is 7.32. The lowest BCUT2D eigenvalue weighted by Gasteiger charge is -2.46. The Morgan fingerprint density at radius 1 is 0.895 bits per heavy atom. The first-order valence-electron chi connectivity index (χ1n) is 7.53.